The van der Waals surface area contributed by atoms with Crippen molar-refractivity contribution in [1.82, 2.24) is 15.4 Å². The van der Waals surface area contributed by atoms with Crippen LogP contribution in [0.3, 0.4) is 0 Å². The lowest BCUT2D eigenvalue weighted by atomic mass is 9.74. The van der Waals surface area contributed by atoms with Crippen molar-refractivity contribution in [2.45, 2.75) is 52.0 Å². The molecule has 124 valence electrons. The highest BCUT2D eigenvalue weighted by molar-refractivity contribution is 7.88. The van der Waals surface area contributed by atoms with Crippen LogP contribution in [-0.2, 0) is 14.8 Å². The van der Waals surface area contributed by atoms with Gasteiger partial charge in [0.05, 0.1) is 11.7 Å². The van der Waals surface area contributed by atoms with Crippen molar-refractivity contribution < 1.29 is 13.2 Å². The van der Waals surface area contributed by atoms with Gasteiger partial charge in [0, 0.05) is 12.1 Å². The molecular formula is C14H29N3O3S. The second kappa shape index (κ2) is 7.07. The van der Waals surface area contributed by atoms with Crippen LogP contribution in [0.4, 0.5) is 0 Å². The van der Waals surface area contributed by atoms with E-state index in [9.17, 15) is 13.2 Å². The smallest absolute Gasteiger partial charge is 0.226 e. The molecule has 0 saturated carbocycles. The van der Waals surface area contributed by atoms with E-state index < -0.39 is 15.6 Å². The SMILES string of the molecule is CCCC1(C(=O)NCC(C)(C)NS(C)(=O)=O)CCNCC1. The van der Waals surface area contributed by atoms with E-state index in [-0.39, 0.29) is 17.9 Å². The average Bonchev–Trinajstić information content (AvgIpc) is 2.34. The Hall–Kier alpha value is -0.660. The lowest BCUT2D eigenvalue weighted by Gasteiger charge is -2.37. The molecule has 3 N–H and O–H groups in total. The first kappa shape index (κ1) is 18.4. The zero-order valence-corrected chi connectivity index (χ0v) is 14.4. The molecule has 6 nitrogen and oxygen atoms in total. The fraction of sp³-hybridized carbons (Fsp3) is 0.929. The Morgan fingerprint density at radius 3 is 2.33 bits per heavy atom. The van der Waals surface area contributed by atoms with Gasteiger partial charge in [-0.1, -0.05) is 13.3 Å². The lowest BCUT2D eigenvalue weighted by Crippen LogP contribution is -2.54. The first-order valence-corrected chi connectivity index (χ1v) is 9.47. The maximum atomic E-state index is 12.6. The number of rotatable bonds is 7. The van der Waals surface area contributed by atoms with Gasteiger partial charge in [0.1, 0.15) is 0 Å². The van der Waals surface area contributed by atoms with Gasteiger partial charge in [-0.25, -0.2) is 13.1 Å². The average molecular weight is 319 g/mol. The molecule has 1 fully saturated rings. The number of carbonyl (C=O) groups excluding carboxylic acids is 1. The normalized spacial score (nSPS) is 19.2. The Bertz CT molecular complexity index is 449. The molecule has 0 atom stereocenters. The highest BCUT2D eigenvalue weighted by Crippen LogP contribution is 2.34. The van der Waals surface area contributed by atoms with E-state index in [1.807, 2.05) is 0 Å². The first-order valence-electron chi connectivity index (χ1n) is 7.58. The van der Waals surface area contributed by atoms with Gasteiger partial charge < -0.3 is 10.6 Å². The molecule has 21 heavy (non-hydrogen) atoms. The fourth-order valence-electron chi connectivity index (χ4n) is 3.00. The number of hydrogen-bond acceptors (Lipinski definition) is 4. The monoisotopic (exact) mass is 319 g/mol. The van der Waals surface area contributed by atoms with Crippen molar-refractivity contribution in [2.24, 2.45) is 5.41 Å². The number of hydrogen-bond donors (Lipinski definition) is 3. The van der Waals surface area contributed by atoms with Crippen LogP contribution in [0.25, 0.3) is 0 Å². The van der Waals surface area contributed by atoms with Crippen molar-refractivity contribution >= 4 is 15.9 Å². The van der Waals surface area contributed by atoms with E-state index in [1.165, 1.54) is 0 Å². The minimum atomic E-state index is -3.29. The summed E-state index contributed by atoms with van der Waals surface area (Å²) >= 11 is 0. The Morgan fingerprint density at radius 2 is 1.86 bits per heavy atom. The number of piperidine rings is 1. The maximum Gasteiger partial charge on any atom is 0.226 e. The summed E-state index contributed by atoms with van der Waals surface area (Å²) in [5, 5.41) is 6.23. The van der Waals surface area contributed by atoms with E-state index in [0.29, 0.717) is 0 Å². The Morgan fingerprint density at radius 1 is 1.29 bits per heavy atom. The molecule has 0 unspecified atom stereocenters. The highest BCUT2D eigenvalue weighted by Gasteiger charge is 2.39. The largest absolute Gasteiger partial charge is 0.354 e. The lowest BCUT2D eigenvalue weighted by molar-refractivity contribution is -0.133. The predicted octanol–water partition coefficient (Wildman–Crippen LogP) is 0.600. The summed E-state index contributed by atoms with van der Waals surface area (Å²) < 4.78 is 25.2. The van der Waals surface area contributed by atoms with E-state index >= 15 is 0 Å². The number of amides is 1. The summed E-state index contributed by atoms with van der Waals surface area (Å²) in [6.45, 7) is 7.63. The van der Waals surface area contributed by atoms with Crippen molar-refractivity contribution in [2.75, 3.05) is 25.9 Å². The maximum absolute atomic E-state index is 12.6. The summed E-state index contributed by atoms with van der Waals surface area (Å²) in [5.74, 6) is 0.0502. The first-order chi connectivity index (χ1) is 9.60. The topological polar surface area (TPSA) is 87.3 Å². The number of nitrogens with one attached hydrogen (secondary N) is 3. The van der Waals surface area contributed by atoms with Gasteiger partial charge in [0.2, 0.25) is 15.9 Å². The molecule has 0 aliphatic carbocycles. The van der Waals surface area contributed by atoms with Gasteiger partial charge in [-0.15, -0.1) is 0 Å². The van der Waals surface area contributed by atoms with Crippen LogP contribution in [0.5, 0.6) is 0 Å². The molecule has 0 spiro atoms. The molecule has 0 aromatic heterocycles. The number of carbonyl (C=O) groups is 1. The summed E-state index contributed by atoms with van der Waals surface area (Å²) in [5.41, 5.74) is -0.995. The molecule has 0 aromatic carbocycles. The molecule has 1 aliphatic heterocycles. The molecule has 1 amide bonds. The van der Waals surface area contributed by atoms with Gasteiger partial charge in [-0.2, -0.15) is 0 Å². The molecular weight excluding hydrogens is 290 g/mol. The summed E-state index contributed by atoms with van der Waals surface area (Å²) in [6.07, 6.45) is 4.65. The molecule has 1 aliphatic rings. The quantitative estimate of drug-likeness (QED) is 0.641. The van der Waals surface area contributed by atoms with Crippen molar-refractivity contribution in [3.8, 4) is 0 Å². The van der Waals surface area contributed by atoms with Crippen molar-refractivity contribution in [3.63, 3.8) is 0 Å². The number of sulfonamides is 1. The van der Waals surface area contributed by atoms with Crippen molar-refractivity contribution in [3.05, 3.63) is 0 Å². The second-order valence-corrected chi connectivity index (χ2v) is 8.47. The third-order valence-corrected chi connectivity index (χ3v) is 4.85. The molecule has 1 heterocycles. The van der Waals surface area contributed by atoms with Crippen molar-refractivity contribution in [1.29, 1.82) is 0 Å². The van der Waals surface area contributed by atoms with Crippen LogP contribution in [0.2, 0.25) is 0 Å². The Balaban J connectivity index is 2.65. The van der Waals surface area contributed by atoms with Crippen LogP contribution < -0.4 is 15.4 Å². The minimum absolute atomic E-state index is 0.0502. The molecule has 7 heteroatoms. The van der Waals surface area contributed by atoms with Crippen LogP contribution in [0, 0.1) is 5.41 Å². The van der Waals surface area contributed by atoms with Gasteiger partial charge in [0.15, 0.2) is 0 Å². The van der Waals surface area contributed by atoms with E-state index in [4.69, 9.17) is 0 Å². The summed E-state index contributed by atoms with van der Waals surface area (Å²) in [6, 6.07) is 0. The third-order valence-electron chi connectivity index (χ3n) is 3.92. The Labute approximate surface area is 128 Å². The minimum Gasteiger partial charge on any atom is -0.354 e. The summed E-state index contributed by atoms with van der Waals surface area (Å²) in [7, 11) is -3.29. The van der Waals surface area contributed by atoms with Crippen LogP contribution in [0.1, 0.15) is 46.5 Å². The zero-order chi connectivity index (χ0) is 16.1. The highest BCUT2D eigenvalue weighted by atomic mass is 32.2. The molecule has 0 bridgehead atoms. The molecule has 1 rings (SSSR count). The third kappa shape index (κ3) is 5.92. The van der Waals surface area contributed by atoms with E-state index in [0.717, 1.165) is 45.0 Å². The van der Waals surface area contributed by atoms with Crippen LogP contribution in [0.15, 0.2) is 0 Å². The van der Waals surface area contributed by atoms with Gasteiger partial charge in [-0.05, 0) is 46.2 Å². The zero-order valence-electron chi connectivity index (χ0n) is 13.6. The van der Waals surface area contributed by atoms with Gasteiger partial charge in [0.25, 0.3) is 0 Å². The molecule has 0 aromatic rings. The molecule has 1 saturated heterocycles. The molecule has 0 radical (unpaired) electrons. The van der Waals surface area contributed by atoms with Crippen LogP contribution >= 0.6 is 0 Å². The van der Waals surface area contributed by atoms with E-state index in [2.05, 4.69) is 22.3 Å². The Kier molecular flexibility index (Phi) is 6.19. The summed E-state index contributed by atoms with van der Waals surface area (Å²) in [4.78, 5) is 12.6. The van der Waals surface area contributed by atoms with E-state index in [1.54, 1.807) is 13.8 Å². The van der Waals surface area contributed by atoms with Gasteiger partial charge >= 0.3 is 0 Å². The fourth-order valence-corrected chi connectivity index (χ4v) is 4.08. The van der Waals surface area contributed by atoms with Gasteiger partial charge in [-0.3, -0.25) is 4.79 Å². The predicted molar refractivity (Wildman–Crippen MR) is 84.5 cm³/mol. The van der Waals surface area contributed by atoms with Crippen LogP contribution in [-0.4, -0.2) is 45.8 Å². The standard InChI is InChI=1S/C14H29N3O3S/c1-5-6-14(7-9-15-10-8-14)12(18)16-11-13(2,3)17-21(4,19)20/h15,17H,5-11H2,1-4H3,(H,16,18). The second-order valence-electron chi connectivity index (χ2n) is 6.72.